The Kier molecular flexibility index (Phi) is 4.70. The fraction of sp³-hybridized carbons (Fsp3) is 0.118. The zero-order valence-electron chi connectivity index (χ0n) is 13.0. The molecule has 0 unspecified atom stereocenters. The number of thiophene rings is 1. The third-order valence-electron chi connectivity index (χ3n) is 3.58. The normalized spacial score (nSPS) is 11.1. The van der Waals surface area contributed by atoms with Gasteiger partial charge in [-0.1, -0.05) is 33.6 Å². The van der Waals surface area contributed by atoms with Crippen molar-refractivity contribution in [3.63, 3.8) is 0 Å². The highest BCUT2D eigenvalue weighted by atomic mass is 79.9. The van der Waals surface area contributed by atoms with E-state index < -0.39 is 0 Å². The molecule has 0 fully saturated rings. The minimum Gasteiger partial charge on any atom is -0.265 e. The van der Waals surface area contributed by atoms with Crippen LogP contribution in [-0.4, -0.2) is 24.5 Å². The number of halogens is 2. The predicted octanol–water partition coefficient (Wildman–Crippen LogP) is 4.72. The van der Waals surface area contributed by atoms with Crippen molar-refractivity contribution in [1.29, 1.82) is 0 Å². The van der Waals surface area contributed by atoms with Crippen LogP contribution >= 0.6 is 38.9 Å². The van der Waals surface area contributed by atoms with E-state index in [1.165, 1.54) is 4.88 Å². The van der Waals surface area contributed by atoms with Crippen LogP contribution in [0.3, 0.4) is 0 Å². The third-order valence-corrected chi connectivity index (χ3v) is 5.12. The van der Waals surface area contributed by atoms with E-state index in [-0.39, 0.29) is 0 Å². The number of aromatic nitrogens is 5. The maximum absolute atomic E-state index is 6.22. The van der Waals surface area contributed by atoms with E-state index >= 15 is 0 Å². The molecular formula is C17H13BrClN5S. The highest BCUT2D eigenvalue weighted by Gasteiger charge is 2.14. The number of rotatable bonds is 5. The molecule has 3 aromatic heterocycles. The van der Waals surface area contributed by atoms with Crippen LogP contribution in [0.5, 0.6) is 0 Å². The van der Waals surface area contributed by atoms with Crippen LogP contribution in [0.25, 0.3) is 11.4 Å². The van der Waals surface area contributed by atoms with Gasteiger partial charge in [-0.25, -0.2) is 9.67 Å². The first-order chi connectivity index (χ1) is 12.2. The van der Waals surface area contributed by atoms with Crippen LogP contribution in [0.4, 0.5) is 0 Å². The summed E-state index contributed by atoms with van der Waals surface area (Å²) in [6.45, 7) is 1.20. The molecule has 25 heavy (non-hydrogen) atoms. The Hall–Kier alpha value is -1.96. The van der Waals surface area contributed by atoms with E-state index in [9.17, 15) is 0 Å². The Morgan fingerprint density at radius 2 is 2.08 bits per heavy atom. The monoisotopic (exact) mass is 433 g/mol. The van der Waals surface area contributed by atoms with Gasteiger partial charge in [0.2, 0.25) is 0 Å². The summed E-state index contributed by atoms with van der Waals surface area (Å²) in [5.41, 5.74) is 0.926. The van der Waals surface area contributed by atoms with E-state index in [2.05, 4.69) is 37.6 Å². The highest BCUT2D eigenvalue weighted by Crippen LogP contribution is 2.27. The number of hydrogen-bond acceptors (Lipinski definition) is 4. The molecule has 0 atom stereocenters. The molecule has 0 radical (unpaired) electrons. The van der Waals surface area contributed by atoms with Crippen molar-refractivity contribution in [1.82, 2.24) is 24.5 Å². The molecule has 0 saturated carbocycles. The van der Waals surface area contributed by atoms with Crippen LogP contribution < -0.4 is 0 Å². The largest absolute Gasteiger partial charge is 0.265 e. The zero-order valence-corrected chi connectivity index (χ0v) is 16.2. The molecule has 1 aromatic carbocycles. The maximum Gasteiger partial charge on any atom is 0.172 e. The van der Waals surface area contributed by atoms with Gasteiger partial charge in [-0.15, -0.1) is 11.3 Å². The molecule has 0 aliphatic rings. The fourth-order valence-corrected chi connectivity index (χ4v) is 4.10. The van der Waals surface area contributed by atoms with Gasteiger partial charge < -0.3 is 0 Å². The molecule has 4 aromatic rings. The minimum atomic E-state index is 0.527. The topological polar surface area (TPSA) is 48.5 Å². The van der Waals surface area contributed by atoms with E-state index in [1.807, 2.05) is 45.9 Å². The summed E-state index contributed by atoms with van der Waals surface area (Å²) in [4.78, 5) is 5.95. The third kappa shape index (κ3) is 3.84. The summed E-state index contributed by atoms with van der Waals surface area (Å²) < 4.78 is 4.64. The highest BCUT2D eigenvalue weighted by molar-refractivity contribution is 9.10. The number of nitrogens with zero attached hydrogens (tertiary/aromatic N) is 5. The van der Waals surface area contributed by atoms with Gasteiger partial charge in [0.15, 0.2) is 11.6 Å². The summed E-state index contributed by atoms with van der Waals surface area (Å²) in [5, 5.41) is 11.6. The predicted molar refractivity (Wildman–Crippen MR) is 103 cm³/mol. The van der Waals surface area contributed by atoms with Crippen molar-refractivity contribution in [3.05, 3.63) is 74.4 Å². The van der Waals surface area contributed by atoms with Gasteiger partial charge in [0.05, 0.1) is 6.54 Å². The van der Waals surface area contributed by atoms with Crippen LogP contribution in [0.2, 0.25) is 5.02 Å². The quantitative estimate of drug-likeness (QED) is 0.457. The standard InChI is InChI=1S/C17H13BrClN5S/c18-13-7-12(8-14(19)9-13)17-21-16(11-23-5-2-4-20-23)22-24(17)10-15-3-1-6-25-15/h1-9H,10-11H2. The summed E-state index contributed by atoms with van der Waals surface area (Å²) in [5.74, 6) is 1.50. The van der Waals surface area contributed by atoms with Crippen molar-refractivity contribution >= 4 is 38.9 Å². The van der Waals surface area contributed by atoms with Crippen molar-refractivity contribution < 1.29 is 0 Å². The van der Waals surface area contributed by atoms with Gasteiger partial charge in [-0.3, -0.25) is 4.68 Å². The van der Waals surface area contributed by atoms with Crippen LogP contribution in [0.15, 0.2) is 58.6 Å². The van der Waals surface area contributed by atoms with Gasteiger partial charge >= 0.3 is 0 Å². The maximum atomic E-state index is 6.22. The molecular weight excluding hydrogens is 422 g/mol. The molecule has 4 rings (SSSR count). The second-order valence-electron chi connectivity index (χ2n) is 5.45. The summed E-state index contributed by atoms with van der Waals surface area (Å²) in [7, 11) is 0. The van der Waals surface area contributed by atoms with E-state index in [4.69, 9.17) is 16.6 Å². The smallest absolute Gasteiger partial charge is 0.172 e. The lowest BCUT2D eigenvalue weighted by Crippen LogP contribution is -2.05. The van der Waals surface area contributed by atoms with Crippen molar-refractivity contribution in [2.24, 2.45) is 0 Å². The molecule has 0 amide bonds. The summed E-state index contributed by atoms with van der Waals surface area (Å²) in [6, 6.07) is 11.8. The Labute approximate surface area is 162 Å². The lowest BCUT2D eigenvalue weighted by Gasteiger charge is -2.06. The van der Waals surface area contributed by atoms with Gasteiger partial charge in [0.1, 0.15) is 6.54 Å². The molecule has 0 spiro atoms. The second kappa shape index (κ2) is 7.11. The first-order valence-electron chi connectivity index (χ1n) is 7.57. The Bertz CT molecular complexity index is 959. The van der Waals surface area contributed by atoms with Crippen LogP contribution in [0.1, 0.15) is 10.7 Å². The van der Waals surface area contributed by atoms with Crippen molar-refractivity contribution in [2.75, 3.05) is 0 Å². The zero-order chi connectivity index (χ0) is 17.2. The van der Waals surface area contributed by atoms with Gasteiger partial charge in [-0.2, -0.15) is 10.2 Å². The van der Waals surface area contributed by atoms with Crippen molar-refractivity contribution in [2.45, 2.75) is 13.1 Å². The van der Waals surface area contributed by atoms with Crippen molar-refractivity contribution in [3.8, 4) is 11.4 Å². The number of hydrogen-bond donors (Lipinski definition) is 0. The molecule has 126 valence electrons. The average Bonchev–Trinajstić information content (AvgIpc) is 3.30. The minimum absolute atomic E-state index is 0.527. The lowest BCUT2D eigenvalue weighted by atomic mass is 10.2. The summed E-state index contributed by atoms with van der Waals surface area (Å²) >= 11 is 11.4. The van der Waals surface area contributed by atoms with Crippen LogP contribution in [-0.2, 0) is 13.1 Å². The number of benzene rings is 1. The molecule has 0 N–H and O–H groups in total. The second-order valence-corrected chi connectivity index (χ2v) is 7.83. The van der Waals surface area contributed by atoms with Gasteiger partial charge in [-0.05, 0) is 35.7 Å². The Morgan fingerprint density at radius 3 is 2.80 bits per heavy atom. The molecule has 0 aliphatic heterocycles. The molecule has 0 bridgehead atoms. The van der Waals surface area contributed by atoms with Gasteiger partial charge in [0.25, 0.3) is 0 Å². The first kappa shape index (κ1) is 16.5. The molecule has 5 nitrogen and oxygen atoms in total. The fourth-order valence-electron chi connectivity index (χ4n) is 2.55. The molecule has 8 heteroatoms. The first-order valence-corrected chi connectivity index (χ1v) is 9.62. The lowest BCUT2D eigenvalue weighted by molar-refractivity contribution is 0.629. The SMILES string of the molecule is Clc1cc(Br)cc(-c2nc(Cn3cccn3)nn2Cc2cccs2)c1. The van der Waals surface area contributed by atoms with Gasteiger partial charge in [0, 0.05) is 32.3 Å². The molecule has 3 heterocycles. The summed E-state index contributed by atoms with van der Waals surface area (Å²) in [6.07, 6.45) is 3.65. The molecule has 0 saturated heterocycles. The van der Waals surface area contributed by atoms with E-state index in [1.54, 1.807) is 17.5 Å². The van der Waals surface area contributed by atoms with Crippen LogP contribution in [0, 0.1) is 0 Å². The molecule has 0 aliphatic carbocycles. The van der Waals surface area contributed by atoms with E-state index in [0.717, 1.165) is 15.9 Å². The van der Waals surface area contributed by atoms with E-state index in [0.29, 0.717) is 23.9 Å². The Morgan fingerprint density at radius 1 is 1.16 bits per heavy atom. The Balaban J connectivity index is 1.75. The average molecular weight is 435 g/mol.